The highest BCUT2D eigenvalue weighted by atomic mass is 35.5. The Morgan fingerprint density at radius 2 is 1.73 bits per heavy atom. The number of carbonyl (C=O) groups is 3. The van der Waals surface area contributed by atoms with Crippen molar-refractivity contribution in [3.05, 3.63) is 58.1 Å². The van der Waals surface area contributed by atoms with Gasteiger partial charge in [0, 0.05) is 19.5 Å². The molecule has 1 fully saturated rings. The van der Waals surface area contributed by atoms with Gasteiger partial charge in [-0.1, -0.05) is 30.7 Å². The van der Waals surface area contributed by atoms with Crippen molar-refractivity contribution >= 4 is 35.0 Å². The maximum Gasteiger partial charge on any atom is 0.308 e. The molecule has 33 heavy (non-hydrogen) atoms. The molecule has 1 amide bonds. The van der Waals surface area contributed by atoms with Crippen molar-refractivity contribution in [1.82, 2.24) is 4.90 Å². The molecule has 0 radical (unpaired) electrons. The van der Waals surface area contributed by atoms with E-state index in [4.69, 9.17) is 25.8 Å². The third-order valence-corrected chi connectivity index (χ3v) is 5.49. The van der Waals surface area contributed by atoms with Crippen LogP contribution in [0.4, 0.5) is 0 Å². The maximum atomic E-state index is 13.0. The molecule has 2 aromatic rings. The molecule has 1 N–H and O–H groups in total. The van der Waals surface area contributed by atoms with Gasteiger partial charge in [-0.2, -0.15) is 0 Å². The smallest absolute Gasteiger partial charge is 0.308 e. The summed E-state index contributed by atoms with van der Waals surface area (Å²) in [6, 6.07) is 8.48. The van der Waals surface area contributed by atoms with E-state index in [1.807, 2.05) is 6.92 Å². The lowest BCUT2D eigenvalue weighted by Gasteiger charge is -2.25. The van der Waals surface area contributed by atoms with Crippen LogP contribution >= 0.6 is 11.6 Å². The predicted molar refractivity (Wildman–Crippen MR) is 122 cm³/mol. The van der Waals surface area contributed by atoms with Crippen molar-refractivity contribution in [2.75, 3.05) is 20.8 Å². The van der Waals surface area contributed by atoms with E-state index in [2.05, 4.69) is 0 Å². The second kappa shape index (κ2) is 9.95. The molecular weight excluding hydrogens is 450 g/mol. The molecule has 0 bridgehead atoms. The minimum absolute atomic E-state index is 0.0867. The maximum absolute atomic E-state index is 13.0. The molecule has 1 aliphatic heterocycles. The lowest BCUT2D eigenvalue weighted by molar-refractivity contribution is -0.139. The lowest BCUT2D eigenvalue weighted by Crippen LogP contribution is -2.30. The molecule has 8 nitrogen and oxygen atoms in total. The summed E-state index contributed by atoms with van der Waals surface area (Å²) in [7, 11) is 2.82. The molecule has 0 saturated carbocycles. The molecule has 0 aliphatic carbocycles. The Balaban J connectivity index is 2.21. The Morgan fingerprint density at radius 3 is 2.27 bits per heavy atom. The summed E-state index contributed by atoms with van der Waals surface area (Å²) in [5.74, 6) is -1.61. The summed E-state index contributed by atoms with van der Waals surface area (Å²) in [6.45, 7) is 3.48. The SMILES string of the molecule is CCCN1C(=O)C(=O)/C(=C(/O)c2cc(OC)c(Cl)cc2OC)C1c1ccc(OC(C)=O)cc1. The molecule has 0 spiro atoms. The number of halogens is 1. The number of Topliss-reactive ketones (excluding diaryl/α,β-unsaturated/α-hetero) is 1. The summed E-state index contributed by atoms with van der Waals surface area (Å²) >= 11 is 6.17. The third-order valence-electron chi connectivity index (χ3n) is 5.19. The second-order valence-corrected chi connectivity index (χ2v) is 7.75. The summed E-state index contributed by atoms with van der Waals surface area (Å²) in [6.07, 6.45) is 0.604. The molecule has 1 aliphatic rings. The van der Waals surface area contributed by atoms with Crippen LogP contribution in [-0.2, 0) is 14.4 Å². The van der Waals surface area contributed by atoms with Crippen LogP contribution < -0.4 is 14.2 Å². The Hall–Kier alpha value is -3.52. The molecule has 1 atom stereocenters. The Bertz CT molecular complexity index is 1120. The number of esters is 1. The van der Waals surface area contributed by atoms with Gasteiger partial charge in [-0.3, -0.25) is 14.4 Å². The van der Waals surface area contributed by atoms with Crippen LogP contribution in [-0.4, -0.2) is 48.4 Å². The zero-order valence-electron chi connectivity index (χ0n) is 18.7. The van der Waals surface area contributed by atoms with Crippen molar-refractivity contribution in [2.45, 2.75) is 26.3 Å². The number of nitrogens with zero attached hydrogens (tertiary/aromatic N) is 1. The molecule has 0 aromatic heterocycles. The minimum atomic E-state index is -0.845. The Morgan fingerprint density at radius 1 is 1.09 bits per heavy atom. The van der Waals surface area contributed by atoms with Crippen LogP contribution in [0.2, 0.25) is 5.02 Å². The first-order valence-corrected chi connectivity index (χ1v) is 10.6. The van der Waals surface area contributed by atoms with Crippen LogP contribution in [0.15, 0.2) is 42.0 Å². The fourth-order valence-electron chi connectivity index (χ4n) is 3.77. The number of carbonyl (C=O) groups excluding carboxylic acids is 3. The van der Waals surface area contributed by atoms with Crippen LogP contribution in [0, 0.1) is 0 Å². The lowest BCUT2D eigenvalue weighted by atomic mass is 9.94. The van der Waals surface area contributed by atoms with Crippen molar-refractivity contribution in [1.29, 1.82) is 0 Å². The van der Waals surface area contributed by atoms with Gasteiger partial charge in [0.1, 0.15) is 23.0 Å². The summed E-state index contributed by atoms with van der Waals surface area (Å²) < 4.78 is 15.6. The van der Waals surface area contributed by atoms with Gasteiger partial charge in [0.2, 0.25) is 0 Å². The first-order valence-electron chi connectivity index (χ1n) is 10.2. The number of aliphatic hydroxyl groups is 1. The van der Waals surface area contributed by atoms with Gasteiger partial charge in [-0.25, -0.2) is 0 Å². The van der Waals surface area contributed by atoms with Gasteiger partial charge < -0.3 is 24.2 Å². The first-order chi connectivity index (χ1) is 15.7. The van der Waals surface area contributed by atoms with Crippen LogP contribution in [0.3, 0.4) is 0 Å². The van der Waals surface area contributed by atoms with Gasteiger partial charge in [-0.15, -0.1) is 0 Å². The van der Waals surface area contributed by atoms with Crippen molar-refractivity contribution < 1.29 is 33.7 Å². The molecule has 1 unspecified atom stereocenters. The van der Waals surface area contributed by atoms with E-state index < -0.39 is 29.5 Å². The normalized spacial score (nSPS) is 17.2. The van der Waals surface area contributed by atoms with Gasteiger partial charge in [-0.05, 0) is 30.2 Å². The fraction of sp³-hybridized carbons (Fsp3) is 0.292. The van der Waals surface area contributed by atoms with Crippen LogP contribution in [0.5, 0.6) is 17.2 Å². The first kappa shape index (κ1) is 24.1. The number of likely N-dealkylation sites (tertiary alicyclic amines) is 1. The third kappa shape index (κ3) is 4.66. The number of methoxy groups -OCH3 is 2. The second-order valence-electron chi connectivity index (χ2n) is 7.34. The van der Waals surface area contributed by atoms with E-state index >= 15 is 0 Å². The van der Waals surface area contributed by atoms with E-state index in [-0.39, 0.29) is 27.7 Å². The van der Waals surface area contributed by atoms with Crippen LogP contribution in [0.25, 0.3) is 5.76 Å². The topological polar surface area (TPSA) is 102 Å². The minimum Gasteiger partial charge on any atom is -0.507 e. The van der Waals surface area contributed by atoms with Crippen molar-refractivity contribution in [3.63, 3.8) is 0 Å². The summed E-state index contributed by atoms with van der Waals surface area (Å²) in [5, 5.41) is 11.5. The molecule has 9 heteroatoms. The zero-order chi connectivity index (χ0) is 24.3. The monoisotopic (exact) mass is 473 g/mol. The highest BCUT2D eigenvalue weighted by Gasteiger charge is 2.46. The molecular formula is C24H24ClNO7. The van der Waals surface area contributed by atoms with Gasteiger partial charge in [0.05, 0.1) is 36.4 Å². The Labute approximate surface area is 196 Å². The van der Waals surface area contributed by atoms with Gasteiger partial charge in [0.15, 0.2) is 0 Å². The number of ether oxygens (including phenoxy) is 3. The molecule has 3 rings (SSSR count). The number of aliphatic hydroxyl groups excluding tert-OH is 1. The summed E-state index contributed by atoms with van der Waals surface area (Å²) in [5.41, 5.74) is 0.645. The highest BCUT2D eigenvalue weighted by molar-refractivity contribution is 6.46. The zero-order valence-corrected chi connectivity index (χ0v) is 19.4. The Kier molecular flexibility index (Phi) is 7.28. The van der Waals surface area contributed by atoms with Crippen LogP contribution in [0.1, 0.15) is 37.4 Å². The molecule has 174 valence electrons. The number of benzene rings is 2. The van der Waals surface area contributed by atoms with E-state index in [1.54, 1.807) is 24.3 Å². The van der Waals surface area contributed by atoms with E-state index in [9.17, 15) is 19.5 Å². The van der Waals surface area contributed by atoms with Crippen molar-refractivity contribution in [3.8, 4) is 17.2 Å². The number of hydrogen-bond donors (Lipinski definition) is 1. The van der Waals surface area contributed by atoms with Crippen molar-refractivity contribution in [2.24, 2.45) is 0 Å². The fourth-order valence-corrected chi connectivity index (χ4v) is 4.00. The van der Waals surface area contributed by atoms with E-state index in [0.29, 0.717) is 24.3 Å². The van der Waals surface area contributed by atoms with E-state index in [1.165, 1.54) is 38.2 Å². The molecule has 1 saturated heterocycles. The molecule has 2 aromatic carbocycles. The molecule has 1 heterocycles. The van der Waals surface area contributed by atoms with E-state index in [0.717, 1.165) is 0 Å². The number of hydrogen-bond acceptors (Lipinski definition) is 7. The largest absolute Gasteiger partial charge is 0.507 e. The van der Waals surface area contributed by atoms with Gasteiger partial charge in [0.25, 0.3) is 11.7 Å². The summed E-state index contributed by atoms with van der Waals surface area (Å²) in [4.78, 5) is 38.5. The number of rotatable bonds is 7. The average Bonchev–Trinajstić information content (AvgIpc) is 3.03. The van der Waals surface area contributed by atoms with Gasteiger partial charge >= 0.3 is 5.97 Å². The highest BCUT2D eigenvalue weighted by Crippen LogP contribution is 2.43. The predicted octanol–water partition coefficient (Wildman–Crippen LogP) is 4.11. The quantitative estimate of drug-likeness (QED) is 0.212. The average molecular weight is 474 g/mol. The standard InChI is InChI=1S/C24H24ClNO7/c1-5-10-26-21(14-6-8-15(9-7-14)33-13(2)27)20(23(29)24(26)30)22(28)16-11-19(32-4)17(25)12-18(16)31-3/h6-9,11-12,21,28H,5,10H2,1-4H3/b22-20+. The number of amides is 1. The number of ketones is 1.